The Balaban J connectivity index is 4.44. The van der Waals surface area contributed by atoms with Crippen molar-refractivity contribution >= 4 is 19.8 Å². The predicted molar refractivity (Wildman–Crippen MR) is 240 cm³/mol. The van der Waals surface area contributed by atoms with Crippen molar-refractivity contribution in [3.8, 4) is 0 Å². The minimum atomic E-state index is -4.64. The molecule has 9 nitrogen and oxygen atoms in total. The SMILES string of the molecule is CCCCC/C=C\C/C=C\C/C=C\C/C=C\CCCC(=O)O[C@H](COC(=O)CCCCCCCCC/C=C\CCCCCCCC)COP(=O)([O-])OCC[N+](C)(C)C. The van der Waals surface area contributed by atoms with E-state index < -0.39 is 32.5 Å². The fourth-order valence-electron chi connectivity index (χ4n) is 5.88. The number of esters is 2. The highest BCUT2D eigenvalue weighted by atomic mass is 31.2. The molecule has 0 amide bonds. The van der Waals surface area contributed by atoms with Gasteiger partial charge in [-0.1, -0.05) is 152 Å². The number of quaternary nitrogens is 1. The van der Waals surface area contributed by atoms with Gasteiger partial charge < -0.3 is 27.9 Å². The summed E-state index contributed by atoms with van der Waals surface area (Å²) in [5, 5.41) is 0. The first-order valence-electron chi connectivity index (χ1n) is 23.0. The number of carbonyl (C=O) groups is 2. The van der Waals surface area contributed by atoms with Crippen LogP contribution in [0.1, 0.15) is 181 Å². The minimum Gasteiger partial charge on any atom is -0.756 e. The van der Waals surface area contributed by atoms with Crippen molar-refractivity contribution in [1.82, 2.24) is 0 Å². The minimum absolute atomic E-state index is 0.0437. The van der Waals surface area contributed by atoms with Crippen LogP contribution in [0.15, 0.2) is 60.8 Å². The summed E-state index contributed by atoms with van der Waals surface area (Å²) < 4.78 is 33.9. The highest BCUT2D eigenvalue weighted by Crippen LogP contribution is 2.38. The molecular weight excluding hydrogens is 750 g/mol. The second-order valence-corrected chi connectivity index (χ2v) is 17.8. The van der Waals surface area contributed by atoms with Gasteiger partial charge in [-0.2, -0.15) is 0 Å². The molecule has 0 aliphatic carbocycles. The molecule has 10 heteroatoms. The van der Waals surface area contributed by atoms with Gasteiger partial charge in [0.25, 0.3) is 7.82 Å². The summed E-state index contributed by atoms with van der Waals surface area (Å²) in [6, 6.07) is 0. The first kappa shape index (κ1) is 55.7. The van der Waals surface area contributed by atoms with Gasteiger partial charge in [-0.25, -0.2) is 0 Å². The number of hydrogen-bond donors (Lipinski definition) is 0. The number of phosphoric ester groups is 1. The molecule has 0 aromatic carbocycles. The second-order valence-electron chi connectivity index (χ2n) is 16.4. The van der Waals surface area contributed by atoms with E-state index in [9.17, 15) is 19.0 Å². The van der Waals surface area contributed by atoms with Gasteiger partial charge in [-0.05, 0) is 77.0 Å². The average molecular weight is 836 g/mol. The summed E-state index contributed by atoms with van der Waals surface area (Å²) in [5.74, 6) is -0.907. The van der Waals surface area contributed by atoms with Crippen molar-refractivity contribution in [3.63, 3.8) is 0 Å². The Morgan fingerprint density at radius 1 is 0.534 bits per heavy atom. The highest BCUT2D eigenvalue weighted by molar-refractivity contribution is 7.45. The number of allylic oxidation sites excluding steroid dienone is 10. The van der Waals surface area contributed by atoms with E-state index in [0.717, 1.165) is 44.9 Å². The number of rotatable bonds is 41. The third kappa shape index (κ3) is 43.3. The summed E-state index contributed by atoms with van der Waals surface area (Å²) >= 11 is 0. The quantitative estimate of drug-likeness (QED) is 0.0197. The predicted octanol–water partition coefficient (Wildman–Crippen LogP) is 12.6. The van der Waals surface area contributed by atoms with Crippen LogP contribution in [0, 0.1) is 0 Å². The molecule has 1 unspecified atom stereocenters. The van der Waals surface area contributed by atoms with Crippen LogP contribution in [-0.2, 0) is 32.7 Å². The first-order valence-corrected chi connectivity index (χ1v) is 24.5. The zero-order chi connectivity index (χ0) is 42.8. The number of carbonyl (C=O) groups excluding carboxylic acids is 2. The van der Waals surface area contributed by atoms with Crippen molar-refractivity contribution in [1.29, 1.82) is 0 Å². The second kappa shape index (κ2) is 40.1. The Labute approximate surface area is 356 Å². The summed E-state index contributed by atoms with van der Waals surface area (Å²) in [5.41, 5.74) is 0. The molecule has 0 rings (SSSR count). The Morgan fingerprint density at radius 3 is 1.48 bits per heavy atom. The van der Waals surface area contributed by atoms with Crippen LogP contribution in [0.4, 0.5) is 0 Å². The fraction of sp³-hybridized carbons (Fsp3) is 0.750. The lowest BCUT2D eigenvalue weighted by Crippen LogP contribution is -2.37. The van der Waals surface area contributed by atoms with Crippen LogP contribution >= 0.6 is 7.82 Å². The highest BCUT2D eigenvalue weighted by Gasteiger charge is 2.21. The zero-order valence-corrected chi connectivity index (χ0v) is 38.6. The van der Waals surface area contributed by atoms with Crippen LogP contribution in [0.5, 0.6) is 0 Å². The first-order chi connectivity index (χ1) is 28.0. The summed E-state index contributed by atoms with van der Waals surface area (Å²) in [4.78, 5) is 37.6. The van der Waals surface area contributed by atoms with Crippen LogP contribution in [0.2, 0.25) is 0 Å². The Kier molecular flexibility index (Phi) is 38.5. The van der Waals surface area contributed by atoms with Gasteiger partial charge in [0.15, 0.2) is 6.10 Å². The molecular formula is C48H86NO8P. The molecule has 0 heterocycles. The molecule has 0 radical (unpaired) electrons. The van der Waals surface area contributed by atoms with Crippen LogP contribution in [0.25, 0.3) is 0 Å². The van der Waals surface area contributed by atoms with E-state index in [1.165, 1.54) is 89.9 Å². The van der Waals surface area contributed by atoms with Gasteiger partial charge >= 0.3 is 11.9 Å². The molecule has 0 bridgehead atoms. The van der Waals surface area contributed by atoms with Gasteiger partial charge in [0.05, 0.1) is 27.7 Å². The monoisotopic (exact) mass is 836 g/mol. The molecule has 336 valence electrons. The molecule has 0 saturated carbocycles. The van der Waals surface area contributed by atoms with Gasteiger partial charge in [0, 0.05) is 12.8 Å². The van der Waals surface area contributed by atoms with E-state index in [1.54, 1.807) is 0 Å². The van der Waals surface area contributed by atoms with E-state index in [4.69, 9.17) is 18.5 Å². The lowest BCUT2D eigenvalue weighted by atomic mass is 10.1. The summed E-state index contributed by atoms with van der Waals surface area (Å²) in [6.45, 7) is 4.12. The van der Waals surface area contributed by atoms with Gasteiger partial charge in [0.2, 0.25) is 0 Å². The third-order valence-electron chi connectivity index (χ3n) is 9.51. The maximum atomic E-state index is 12.7. The molecule has 58 heavy (non-hydrogen) atoms. The van der Waals surface area contributed by atoms with E-state index >= 15 is 0 Å². The van der Waals surface area contributed by atoms with Crippen LogP contribution in [-0.4, -0.2) is 70.0 Å². The summed E-state index contributed by atoms with van der Waals surface area (Å²) in [7, 11) is 1.12. The van der Waals surface area contributed by atoms with E-state index in [-0.39, 0.29) is 26.1 Å². The number of unbranched alkanes of at least 4 members (excludes halogenated alkanes) is 17. The molecule has 0 fully saturated rings. The lowest BCUT2D eigenvalue weighted by molar-refractivity contribution is -0.870. The van der Waals surface area contributed by atoms with E-state index in [1.807, 2.05) is 27.2 Å². The maximum absolute atomic E-state index is 12.7. The van der Waals surface area contributed by atoms with Gasteiger partial charge in [-0.15, -0.1) is 0 Å². The Hall–Kier alpha value is -2.29. The molecule has 0 aromatic heterocycles. The van der Waals surface area contributed by atoms with Crippen molar-refractivity contribution in [3.05, 3.63) is 60.8 Å². The van der Waals surface area contributed by atoms with E-state index in [2.05, 4.69) is 68.5 Å². The van der Waals surface area contributed by atoms with Crippen LogP contribution < -0.4 is 4.89 Å². The number of likely N-dealkylation sites (N-methyl/N-ethyl adjacent to an activating group) is 1. The maximum Gasteiger partial charge on any atom is 0.306 e. The van der Waals surface area contributed by atoms with Gasteiger partial charge in [0.1, 0.15) is 19.8 Å². The normalized spacial score (nSPS) is 14.1. The molecule has 0 aliphatic heterocycles. The van der Waals surface area contributed by atoms with Crippen molar-refractivity contribution in [2.45, 2.75) is 187 Å². The van der Waals surface area contributed by atoms with Crippen molar-refractivity contribution < 1.29 is 42.1 Å². The average Bonchev–Trinajstić information content (AvgIpc) is 3.17. The smallest absolute Gasteiger partial charge is 0.306 e. The number of hydrogen-bond acceptors (Lipinski definition) is 8. The zero-order valence-electron chi connectivity index (χ0n) is 37.7. The Bertz CT molecular complexity index is 1170. The standard InChI is InChI=1S/C48H86NO8P/c1-6-8-10-12-14-16-18-20-22-24-26-28-30-32-34-36-38-40-47(50)54-44-46(45-56-58(52,53)55-43-42-49(3,4)5)57-48(51)41-39-37-35-33-31-29-27-25-23-21-19-17-15-13-11-9-7-2/h15,17,20-23,27,29,33,35,46H,6-14,16,18-19,24-26,28,30-32,34,36-45H2,1-5H3/b17-15-,22-20-,23-21-,29-27-,35-33-/t46-/m1/s1. The van der Waals surface area contributed by atoms with Crippen molar-refractivity contribution in [2.75, 3.05) is 47.5 Å². The van der Waals surface area contributed by atoms with Gasteiger partial charge in [-0.3, -0.25) is 14.2 Å². The molecule has 0 aromatic rings. The Morgan fingerprint density at radius 2 is 0.948 bits per heavy atom. The molecule has 2 atom stereocenters. The van der Waals surface area contributed by atoms with Crippen molar-refractivity contribution in [2.24, 2.45) is 0 Å². The fourth-order valence-corrected chi connectivity index (χ4v) is 6.60. The molecule has 0 N–H and O–H groups in total. The molecule has 0 aliphatic rings. The number of phosphoric acid groups is 1. The number of nitrogens with zero attached hydrogens (tertiary/aromatic N) is 1. The lowest BCUT2D eigenvalue weighted by Gasteiger charge is -2.28. The molecule has 0 saturated heterocycles. The topological polar surface area (TPSA) is 111 Å². The molecule has 0 spiro atoms. The largest absolute Gasteiger partial charge is 0.756 e. The number of ether oxygens (including phenoxy) is 2. The summed E-state index contributed by atoms with van der Waals surface area (Å²) in [6.07, 6.45) is 48.2. The third-order valence-corrected chi connectivity index (χ3v) is 10.5. The van der Waals surface area contributed by atoms with Crippen LogP contribution in [0.3, 0.4) is 0 Å². The van der Waals surface area contributed by atoms with E-state index in [0.29, 0.717) is 30.3 Å².